The molecular formula is C40H46O21. The minimum atomic E-state index is -2.66. The van der Waals surface area contributed by atoms with E-state index in [1.54, 1.807) is 0 Å². The quantitative estimate of drug-likeness (QED) is 0.0974. The second kappa shape index (κ2) is 21.3. The third-order valence-electron chi connectivity index (χ3n) is 8.82. The molecule has 4 rings (SSSR count). The van der Waals surface area contributed by atoms with Gasteiger partial charge in [0.25, 0.3) is 0 Å². The van der Waals surface area contributed by atoms with Crippen molar-refractivity contribution in [3.05, 3.63) is 59.7 Å². The largest absolute Gasteiger partial charge is 0.504 e. The lowest BCUT2D eigenvalue weighted by atomic mass is 9.97. The Morgan fingerprint density at radius 1 is 0.672 bits per heavy atom. The average Bonchev–Trinajstić information content (AvgIpc) is 3.46. The highest BCUT2D eigenvalue weighted by molar-refractivity contribution is 5.88. The maximum atomic E-state index is 13.4. The second-order valence-corrected chi connectivity index (χ2v) is 13.3. The zero-order valence-electron chi connectivity index (χ0n) is 33.7. The Bertz CT molecular complexity index is 1980. The van der Waals surface area contributed by atoms with E-state index in [1.807, 2.05) is 0 Å². The second-order valence-electron chi connectivity index (χ2n) is 13.3. The Morgan fingerprint density at radius 3 is 1.69 bits per heavy atom. The Kier molecular flexibility index (Phi) is 16.6. The third kappa shape index (κ3) is 12.6. The van der Waals surface area contributed by atoms with Crippen molar-refractivity contribution < 1.29 is 101 Å². The first kappa shape index (κ1) is 47.4. The van der Waals surface area contributed by atoms with Crippen molar-refractivity contribution in [2.24, 2.45) is 0 Å². The van der Waals surface area contributed by atoms with Gasteiger partial charge in [0.2, 0.25) is 12.1 Å². The summed E-state index contributed by atoms with van der Waals surface area (Å²) in [6.07, 6.45) is -9.71. The van der Waals surface area contributed by atoms with Gasteiger partial charge in [0.05, 0.1) is 14.2 Å². The fourth-order valence-corrected chi connectivity index (χ4v) is 6.18. The van der Waals surface area contributed by atoms with Crippen LogP contribution in [0.15, 0.2) is 48.6 Å². The van der Waals surface area contributed by atoms with Gasteiger partial charge in [-0.25, -0.2) is 9.59 Å². The van der Waals surface area contributed by atoms with Crippen LogP contribution in [0.25, 0.3) is 12.2 Å². The van der Waals surface area contributed by atoms with Crippen molar-refractivity contribution >= 4 is 48.0 Å². The summed E-state index contributed by atoms with van der Waals surface area (Å²) >= 11 is 0. The van der Waals surface area contributed by atoms with Gasteiger partial charge in [-0.2, -0.15) is 0 Å². The number of methoxy groups -OCH3 is 2. The van der Waals surface area contributed by atoms with Crippen molar-refractivity contribution in [1.29, 1.82) is 0 Å². The number of phenols is 2. The van der Waals surface area contributed by atoms with E-state index in [4.69, 9.17) is 52.1 Å². The Balaban J connectivity index is 1.71. The highest BCUT2D eigenvalue weighted by atomic mass is 16.8. The van der Waals surface area contributed by atoms with Gasteiger partial charge < -0.3 is 72.5 Å². The molecule has 2 saturated heterocycles. The minimum Gasteiger partial charge on any atom is -0.504 e. The van der Waals surface area contributed by atoms with Crippen molar-refractivity contribution in [2.75, 3.05) is 34.0 Å². The lowest BCUT2D eigenvalue weighted by molar-refractivity contribution is -0.384. The molecule has 0 bridgehead atoms. The number of hydrogen-bond donors (Lipinski definition) is 4. The maximum absolute atomic E-state index is 13.4. The van der Waals surface area contributed by atoms with Crippen LogP contribution in [-0.2, 0) is 71.4 Å². The maximum Gasteiger partial charge on any atom is 0.331 e. The molecule has 2 aliphatic rings. The molecule has 332 valence electrons. The van der Waals surface area contributed by atoms with Gasteiger partial charge in [-0.15, -0.1) is 0 Å². The summed E-state index contributed by atoms with van der Waals surface area (Å²) in [5, 5.41) is 42.3. The molecule has 21 heteroatoms. The highest BCUT2D eigenvalue weighted by Crippen LogP contribution is 2.40. The Labute approximate surface area is 348 Å². The van der Waals surface area contributed by atoms with E-state index < -0.39 is 110 Å². The molecule has 0 saturated carbocycles. The van der Waals surface area contributed by atoms with Crippen molar-refractivity contribution in [3.63, 3.8) is 0 Å². The van der Waals surface area contributed by atoms with Crippen molar-refractivity contribution in [3.8, 4) is 23.0 Å². The molecule has 21 nitrogen and oxygen atoms in total. The van der Waals surface area contributed by atoms with E-state index in [-0.39, 0.29) is 23.0 Å². The number of aliphatic hydroxyl groups excluding tert-OH is 2. The summed E-state index contributed by atoms with van der Waals surface area (Å²) in [7, 11) is 2.65. The van der Waals surface area contributed by atoms with E-state index >= 15 is 0 Å². The van der Waals surface area contributed by atoms with E-state index in [9.17, 15) is 49.2 Å². The molecule has 2 heterocycles. The van der Waals surface area contributed by atoms with Gasteiger partial charge >= 0.3 is 35.8 Å². The molecule has 2 aromatic rings. The standard InChI is InChI=1S/C40H46O21/c1-20(42)53-18-31-35(55-21(2)43)36(56-22(3)44)37(57-23(4)45)39(58-31)61-40(19-41)38(59-33(49)14-10-25-8-12-27(47)29(16-25)52-6)34(50)30(60-40)17-54-32(48)13-9-24-7-11-26(46)28(15-24)51-5/h7-16,30-31,34-39,41,46-47,50H,17-19H2,1-6H3/b13-9+,14-10+/t30-,31-,34-,35-,36+,37-,38+,39-,40+/m1/s1. The topological polar surface area (TPSA) is 285 Å². The number of carbonyl (C=O) groups is 6. The Hall–Kier alpha value is -6.26. The first-order valence-corrected chi connectivity index (χ1v) is 18.3. The van der Waals surface area contributed by atoms with Crippen LogP contribution in [0.3, 0.4) is 0 Å². The molecule has 4 N–H and O–H groups in total. The first-order chi connectivity index (χ1) is 28.9. The van der Waals surface area contributed by atoms with Crippen LogP contribution in [-0.4, -0.2) is 145 Å². The van der Waals surface area contributed by atoms with Crippen LogP contribution >= 0.6 is 0 Å². The molecular weight excluding hydrogens is 816 g/mol. The number of rotatable bonds is 17. The van der Waals surface area contributed by atoms with Gasteiger partial charge in [0, 0.05) is 39.8 Å². The summed E-state index contributed by atoms with van der Waals surface area (Å²) in [5.74, 6) is -8.52. The van der Waals surface area contributed by atoms with Crippen LogP contribution in [0.2, 0.25) is 0 Å². The lowest BCUT2D eigenvalue weighted by Gasteiger charge is -2.46. The number of ether oxygens (including phenoxy) is 11. The van der Waals surface area contributed by atoms with Crippen LogP contribution < -0.4 is 9.47 Å². The number of phenolic OH excluding ortho intramolecular Hbond substituents is 2. The molecule has 0 aliphatic carbocycles. The number of aliphatic hydroxyl groups is 2. The van der Waals surface area contributed by atoms with Gasteiger partial charge in [0.15, 0.2) is 47.4 Å². The molecule has 2 aliphatic heterocycles. The van der Waals surface area contributed by atoms with Gasteiger partial charge in [-0.1, -0.05) is 12.1 Å². The van der Waals surface area contributed by atoms with E-state index in [1.165, 1.54) is 62.8 Å². The predicted molar refractivity (Wildman–Crippen MR) is 202 cm³/mol. The number of hydrogen-bond acceptors (Lipinski definition) is 21. The summed E-state index contributed by atoms with van der Waals surface area (Å²) in [5.41, 5.74) is 0.799. The normalized spacial score (nSPS) is 26.0. The zero-order chi connectivity index (χ0) is 45.0. The number of esters is 6. The van der Waals surface area contributed by atoms with Gasteiger partial charge in [-0.05, 0) is 47.5 Å². The van der Waals surface area contributed by atoms with E-state index in [0.717, 1.165) is 39.8 Å². The molecule has 61 heavy (non-hydrogen) atoms. The summed E-state index contributed by atoms with van der Waals surface area (Å²) < 4.78 is 60.5. The highest BCUT2D eigenvalue weighted by Gasteiger charge is 2.62. The summed E-state index contributed by atoms with van der Waals surface area (Å²) in [4.78, 5) is 75.0. The first-order valence-electron chi connectivity index (χ1n) is 18.3. The minimum absolute atomic E-state index is 0.0858. The fourth-order valence-electron chi connectivity index (χ4n) is 6.18. The number of aromatic hydroxyl groups is 2. The van der Waals surface area contributed by atoms with Crippen LogP contribution in [0.5, 0.6) is 23.0 Å². The predicted octanol–water partition coefficient (Wildman–Crippen LogP) is 0.845. The SMILES string of the molecule is COc1cc(/C=C/C(=O)OC[C@H]2O[C@@](CO)(O[C@H]3O[C@H](COC(C)=O)[C@@H](OC(C)=O)[C@H](OC(C)=O)[C@H]3OC(C)=O)[C@@H](OC(=O)/C=C/c3ccc(O)c(OC)c3)[C@@H]2O)ccc1O. The molecule has 0 spiro atoms. The third-order valence-corrected chi connectivity index (χ3v) is 8.82. The van der Waals surface area contributed by atoms with Crippen LogP contribution in [0, 0.1) is 0 Å². The molecule has 0 unspecified atom stereocenters. The summed E-state index contributed by atoms with van der Waals surface area (Å²) in [6, 6.07) is 8.41. The Morgan fingerprint density at radius 2 is 1.18 bits per heavy atom. The fraction of sp³-hybridized carbons (Fsp3) is 0.450. The monoisotopic (exact) mass is 862 g/mol. The average molecular weight is 863 g/mol. The van der Waals surface area contributed by atoms with Gasteiger partial charge in [0.1, 0.15) is 38.1 Å². The number of carbonyl (C=O) groups excluding carboxylic acids is 6. The molecule has 2 fully saturated rings. The molecule has 9 atom stereocenters. The molecule has 0 amide bonds. The molecule has 0 radical (unpaired) electrons. The van der Waals surface area contributed by atoms with Crippen molar-refractivity contribution in [1.82, 2.24) is 0 Å². The smallest absolute Gasteiger partial charge is 0.331 e. The van der Waals surface area contributed by atoms with Crippen molar-refractivity contribution in [2.45, 2.75) is 82.5 Å². The number of benzene rings is 2. The van der Waals surface area contributed by atoms with E-state index in [0.29, 0.717) is 11.1 Å². The zero-order valence-corrected chi connectivity index (χ0v) is 33.7. The lowest BCUT2D eigenvalue weighted by Crippen LogP contribution is -2.65. The molecule has 0 aromatic heterocycles. The van der Waals surface area contributed by atoms with E-state index in [2.05, 4.69) is 0 Å². The van der Waals surface area contributed by atoms with Crippen LogP contribution in [0.1, 0.15) is 38.8 Å². The van der Waals surface area contributed by atoms with Gasteiger partial charge in [-0.3, -0.25) is 19.2 Å². The van der Waals surface area contributed by atoms with Crippen LogP contribution in [0.4, 0.5) is 0 Å². The molecule has 2 aromatic carbocycles. The summed E-state index contributed by atoms with van der Waals surface area (Å²) in [6.45, 7) is 1.41.